The van der Waals surface area contributed by atoms with Crippen molar-refractivity contribution in [3.05, 3.63) is 12.2 Å². The number of hydrogen-bond donors (Lipinski definition) is 2. The van der Waals surface area contributed by atoms with Gasteiger partial charge in [0, 0.05) is 24.5 Å². The molecular weight excluding hydrogens is 286 g/mol. The Morgan fingerprint density at radius 1 is 1.22 bits per heavy atom. The van der Waals surface area contributed by atoms with E-state index in [-0.39, 0.29) is 23.5 Å². The zero-order chi connectivity index (χ0) is 17.3. The SMILES string of the molecule is CC(C)[C@@]1(O)CC/C=C\CN(C(C)(C)[C@@H]2CC[C@@H](C)C[C@H]2O)C1. The average molecular weight is 324 g/mol. The summed E-state index contributed by atoms with van der Waals surface area (Å²) in [7, 11) is 0. The highest BCUT2D eigenvalue weighted by Gasteiger charge is 2.44. The van der Waals surface area contributed by atoms with Crippen molar-refractivity contribution >= 4 is 0 Å². The van der Waals surface area contributed by atoms with Crippen LogP contribution in [0, 0.1) is 17.8 Å². The summed E-state index contributed by atoms with van der Waals surface area (Å²) >= 11 is 0. The van der Waals surface area contributed by atoms with Crippen LogP contribution in [0.4, 0.5) is 0 Å². The number of hydrogen-bond acceptors (Lipinski definition) is 3. The molecule has 0 aromatic heterocycles. The standard InChI is InChI=1S/C20H37NO2/c1-15(2)20(23)11-7-6-8-12-21(14-20)19(4,5)17-10-9-16(3)13-18(17)22/h6,8,15-18,22-23H,7,9-14H2,1-5H3/b8-6-/t16-,17-,18-,20-/m1/s1. The molecule has 2 rings (SSSR count). The summed E-state index contributed by atoms with van der Waals surface area (Å²) in [6, 6.07) is 0. The summed E-state index contributed by atoms with van der Waals surface area (Å²) in [4.78, 5) is 2.41. The second-order valence-electron chi connectivity index (χ2n) is 8.89. The van der Waals surface area contributed by atoms with E-state index in [0.29, 0.717) is 12.5 Å². The van der Waals surface area contributed by atoms with E-state index >= 15 is 0 Å². The monoisotopic (exact) mass is 323 g/mol. The lowest BCUT2D eigenvalue weighted by Gasteiger charge is -2.51. The molecule has 0 bridgehead atoms. The highest BCUT2D eigenvalue weighted by molar-refractivity contribution is 5.03. The second kappa shape index (κ2) is 7.25. The van der Waals surface area contributed by atoms with E-state index in [2.05, 4.69) is 51.7 Å². The van der Waals surface area contributed by atoms with Gasteiger partial charge in [0.1, 0.15) is 0 Å². The zero-order valence-electron chi connectivity index (χ0n) is 15.8. The Morgan fingerprint density at radius 3 is 2.52 bits per heavy atom. The lowest BCUT2D eigenvalue weighted by Crippen LogP contribution is -2.59. The van der Waals surface area contributed by atoms with Crippen LogP contribution in [0.3, 0.4) is 0 Å². The first-order chi connectivity index (χ1) is 10.7. The molecule has 0 aromatic carbocycles. The van der Waals surface area contributed by atoms with E-state index in [0.717, 1.165) is 32.2 Å². The van der Waals surface area contributed by atoms with E-state index in [9.17, 15) is 10.2 Å². The lowest BCUT2D eigenvalue weighted by molar-refractivity contribution is -0.0938. The van der Waals surface area contributed by atoms with Crippen molar-refractivity contribution in [1.29, 1.82) is 0 Å². The van der Waals surface area contributed by atoms with Crippen LogP contribution in [-0.2, 0) is 0 Å². The molecule has 2 aliphatic rings. The van der Waals surface area contributed by atoms with Crippen molar-refractivity contribution in [1.82, 2.24) is 4.90 Å². The van der Waals surface area contributed by atoms with Crippen LogP contribution in [0.5, 0.6) is 0 Å². The molecule has 134 valence electrons. The smallest absolute Gasteiger partial charge is 0.0800 e. The van der Waals surface area contributed by atoms with Crippen LogP contribution in [0.1, 0.15) is 66.7 Å². The van der Waals surface area contributed by atoms with E-state index in [1.807, 2.05) is 0 Å². The van der Waals surface area contributed by atoms with Crippen LogP contribution < -0.4 is 0 Å². The van der Waals surface area contributed by atoms with Crippen LogP contribution in [0.2, 0.25) is 0 Å². The van der Waals surface area contributed by atoms with Crippen molar-refractivity contribution < 1.29 is 10.2 Å². The third kappa shape index (κ3) is 4.18. The Bertz CT molecular complexity index is 418. The van der Waals surface area contributed by atoms with Gasteiger partial charge in [-0.15, -0.1) is 0 Å². The molecule has 0 saturated heterocycles. The van der Waals surface area contributed by atoms with Gasteiger partial charge in [-0.05, 0) is 51.4 Å². The van der Waals surface area contributed by atoms with Crippen molar-refractivity contribution in [3.8, 4) is 0 Å². The van der Waals surface area contributed by atoms with Gasteiger partial charge in [0.15, 0.2) is 0 Å². The molecule has 0 amide bonds. The van der Waals surface area contributed by atoms with Crippen LogP contribution in [-0.4, -0.2) is 45.4 Å². The third-order valence-electron chi connectivity index (χ3n) is 6.58. The Hall–Kier alpha value is -0.380. The van der Waals surface area contributed by atoms with E-state index in [1.165, 1.54) is 6.42 Å². The summed E-state index contributed by atoms with van der Waals surface area (Å²) in [5.74, 6) is 1.14. The Morgan fingerprint density at radius 2 is 1.91 bits per heavy atom. The van der Waals surface area contributed by atoms with Crippen LogP contribution >= 0.6 is 0 Å². The molecule has 1 fully saturated rings. The predicted molar refractivity (Wildman–Crippen MR) is 96.3 cm³/mol. The predicted octanol–water partition coefficient (Wildman–Crippen LogP) is 3.60. The minimum atomic E-state index is -0.644. The molecule has 2 N–H and O–H groups in total. The summed E-state index contributed by atoms with van der Waals surface area (Å²) in [5.41, 5.74) is -0.751. The normalized spacial score (nSPS) is 39.0. The summed E-state index contributed by atoms with van der Waals surface area (Å²) < 4.78 is 0. The second-order valence-corrected chi connectivity index (χ2v) is 8.89. The van der Waals surface area contributed by atoms with Gasteiger partial charge in [0.25, 0.3) is 0 Å². The molecule has 0 radical (unpaired) electrons. The van der Waals surface area contributed by atoms with Crippen molar-refractivity contribution in [2.45, 2.75) is 84.0 Å². The Kier molecular flexibility index (Phi) is 5.97. The van der Waals surface area contributed by atoms with Gasteiger partial charge in [0.2, 0.25) is 0 Å². The molecule has 1 heterocycles. The fourth-order valence-corrected chi connectivity index (χ4v) is 4.45. The van der Waals surface area contributed by atoms with Gasteiger partial charge in [-0.25, -0.2) is 0 Å². The lowest BCUT2D eigenvalue weighted by atomic mass is 9.70. The largest absolute Gasteiger partial charge is 0.393 e. The molecule has 3 heteroatoms. The van der Waals surface area contributed by atoms with E-state index in [4.69, 9.17) is 0 Å². The van der Waals surface area contributed by atoms with Gasteiger partial charge in [-0.2, -0.15) is 0 Å². The number of β-amino-alcohol motifs (C(OH)–C–C–N with tert-alkyl or cyclic N) is 1. The van der Waals surface area contributed by atoms with E-state index < -0.39 is 5.60 Å². The van der Waals surface area contributed by atoms with Gasteiger partial charge in [-0.3, -0.25) is 4.90 Å². The molecule has 3 nitrogen and oxygen atoms in total. The molecule has 0 aromatic rings. The maximum atomic E-state index is 11.2. The highest BCUT2D eigenvalue weighted by atomic mass is 16.3. The molecule has 23 heavy (non-hydrogen) atoms. The molecule has 0 spiro atoms. The molecule has 1 aliphatic carbocycles. The molecule has 1 saturated carbocycles. The number of aliphatic hydroxyl groups is 2. The fourth-order valence-electron chi connectivity index (χ4n) is 4.45. The maximum Gasteiger partial charge on any atom is 0.0800 e. The minimum absolute atomic E-state index is 0.107. The highest BCUT2D eigenvalue weighted by Crippen LogP contribution is 2.40. The summed E-state index contributed by atoms with van der Waals surface area (Å²) in [6.07, 6.45) is 9.17. The van der Waals surface area contributed by atoms with Crippen LogP contribution in [0.25, 0.3) is 0 Å². The van der Waals surface area contributed by atoms with Gasteiger partial charge >= 0.3 is 0 Å². The quantitative estimate of drug-likeness (QED) is 0.780. The average Bonchev–Trinajstić information content (AvgIpc) is 2.42. The molecular formula is C20H37NO2. The van der Waals surface area contributed by atoms with E-state index in [1.54, 1.807) is 0 Å². The number of rotatable bonds is 3. The van der Waals surface area contributed by atoms with Gasteiger partial charge in [-0.1, -0.05) is 39.3 Å². The van der Waals surface area contributed by atoms with Crippen LogP contribution in [0.15, 0.2) is 12.2 Å². The topological polar surface area (TPSA) is 43.7 Å². The number of allylic oxidation sites excluding steroid dienone is 1. The van der Waals surface area contributed by atoms with Crippen molar-refractivity contribution in [2.75, 3.05) is 13.1 Å². The third-order valence-corrected chi connectivity index (χ3v) is 6.58. The first kappa shape index (κ1) is 19.0. The Balaban J connectivity index is 2.21. The minimum Gasteiger partial charge on any atom is -0.393 e. The van der Waals surface area contributed by atoms with Gasteiger partial charge in [0.05, 0.1) is 11.7 Å². The summed E-state index contributed by atoms with van der Waals surface area (Å²) in [6.45, 7) is 12.5. The van der Waals surface area contributed by atoms with Gasteiger partial charge < -0.3 is 10.2 Å². The zero-order valence-corrected chi connectivity index (χ0v) is 15.8. The molecule has 0 unspecified atom stereocenters. The first-order valence-corrected chi connectivity index (χ1v) is 9.47. The van der Waals surface area contributed by atoms with Crippen molar-refractivity contribution in [3.63, 3.8) is 0 Å². The fraction of sp³-hybridized carbons (Fsp3) is 0.900. The molecule has 4 atom stereocenters. The maximum absolute atomic E-state index is 11.2. The Labute approximate surface area is 142 Å². The number of nitrogens with zero attached hydrogens (tertiary/aromatic N) is 1. The summed E-state index contributed by atoms with van der Waals surface area (Å²) in [5, 5.41) is 21.8. The number of aliphatic hydroxyl groups excluding tert-OH is 1. The first-order valence-electron chi connectivity index (χ1n) is 9.47. The van der Waals surface area contributed by atoms with Crippen molar-refractivity contribution in [2.24, 2.45) is 17.8 Å². The molecule has 1 aliphatic heterocycles.